The van der Waals surface area contributed by atoms with Gasteiger partial charge in [0.05, 0.1) is 22.8 Å². The Balaban J connectivity index is 1.34. The zero-order valence-corrected chi connectivity index (χ0v) is 26.2. The molecule has 2 atom stereocenters. The first-order chi connectivity index (χ1) is 21.4. The van der Waals surface area contributed by atoms with Crippen LogP contribution in [0.25, 0.3) is 0 Å². The van der Waals surface area contributed by atoms with Gasteiger partial charge in [-0.2, -0.15) is 0 Å². The van der Waals surface area contributed by atoms with E-state index in [1.54, 1.807) is 23.5 Å². The van der Waals surface area contributed by atoms with Gasteiger partial charge in [-0.1, -0.05) is 83.9 Å². The Morgan fingerprint density at radius 1 is 0.545 bits per heavy atom. The molecule has 0 aliphatic carbocycles. The third kappa shape index (κ3) is 5.80. The molecule has 0 aromatic heterocycles. The number of rotatable bonds is 4. The molecule has 0 amide bonds. The maximum absolute atomic E-state index is 11.3. The number of hydrogen-bond acceptors (Lipinski definition) is 6. The highest BCUT2D eigenvalue weighted by Crippen LogP contribution is 2.48. The van der Waals surface area contributed by atoms with Crippen LogP contribution in [0.4, 0.5) is 11.4 Å². The second kappa shape index (κ2) is 12.0. The maximum Gasteiger partial charge on any atom is 0.128 e. The van der Waals surface area contributed by atoms with Crippen molar-refractivity contribution in [2.24, 2.45) is 9.98 Å². The lowest BCUT2D eigenvalue weighted by Gasteiger charge is -2.19. The molecular formula is C38H32N2O2S2. The summed E-state index contributed by atoms with van der Waals surface area (Å²) in [7, 11) is 0. The normalized spacial score (nSPS) is 17.9. The summed E-state index contributed by atoms with van der Waals surface area (Å²) in [5.41, 5.74) is 9.43. The third-order valence-electron chi connectivity index (χ3n) is 8.17. The molecule has 0 saturated heterocycles. The number of aryl methyl sites for hydroxylation is 2. The van der Waals surface area contributed by atoms with E-state index >= 15 is 0 Å². The monoisotopic (exact) mass is 612 g/mol. The second-order valence-corrected chi connectivity index (χ2v) is 13.9. The van der Waals surface area contributed by atoms with Crippen LogP contribution in [0.5, 0.6) is 11.5 Å². The van der Waals surface area contributed by atoms with Gasteiger partial charge in [0.2, 0.25) is 0 Å². The van der Waals surface area contributed by atoms with Gasteiger partial charge in [-0.15, -0.1) is 23.5 Å². The van der Waals surface area contributed by atoms with E-state index in [2.05, 4.69) is 74.5 Å². The van der Waals surface area contributed by atoms with Crippen LogP contribution in [0.3, 0.4) is 0 Å². The standard InChI is InChI=1S/C38H32N2O2S2/c1-23-11-15-25(16-12-23)37-20-31(39-29-7-3-5-9-35(29)43-37)27-19-28(34(42)22-33(27)41)32-21-38(26-17-13-24(2)14-18-26)44-36-10-6-4-8-30(36)40-32/h3-19,22,37-38,41-42H,20-21H2,1-2H3/t37-,38+. The molecule has 2 heterocycles. The van der Waals surface area contributed by atoms with Crippen molar-refractivity contribution in [1.82, 2.24) is 0 Å². The number of benzene rings is 5. The zero-order valence-electron chi connectivity index (χ0n) is 24.6. The molecular weight excluding hydrogens is 581 g/mol. The molecule has 2 N–H and O–H groups in total. The summed E-state index contributed by atoms with van der Waals surface area (Å²) in [5.74, 6) is 0.0206. The molecule has 2 aliphatic rings. The number of aliphatic imine (C=N–C) groups is 2. The number of phenols is 2. The summed E-state index contributed by atoms with van der Waals surface area (Å²) in [6.45, 7) is 4.19. The number of fused-ring (bicyclic) bond motifs is 2. The van der Waals surface area contributed by atoms with Crippen LogP contribution < -0.4 is 0 Å². The lowest BCUT2D eigenvalue weighted by atomic mass is 9.94. The Bertz CT molecular complexity index is 1780. The molecule has 2 aliphatic heterocycles. The minimum Gasteiger partial charge on any atom is -0.507 e. The van der Waals surface area contributed by atoms with Crippen molar-refractivity contribution < 1.29 is 10.2 Å². The van der Waals surface area contributed by atoms with E-state index in [-0.39, 0.29) is 22.0 Å². The van der Waals surface area contributed by atoms with E-state index in [0.29, 0.717) is 24.0 Å². The van der Waals surface area contributed by atoms with Crippen molar-refractivity contribution in [2.75, 3.05) is 0 Å². The van der Waals surface area contributed by atoms with E-state index in [1.807, 2.05) is 42.5 Å². The van der Waals surface area contributed by atoms with E-state index in [0.717, 1.165) is 32.6 Å². The van der Waals surface area contributed by atoms with Gasteiger partial charge < -0.3 is 10.2 Å². The largest absolute Gasteiger partial charge is 0.507 e. The molecule has 0 spiro atoms. The number of hydrogen-bond donors (Lipinski definition) is 2. The molecule has 0 fully saturated rings. The van der Waals surface area contributed by atoms with Gasteiger partial charge in [0.1, 0.15) is 11.5 Å². The first-order valence-corrected chi connectivity index (χ1v) is 16.5. The Morgan fingerprint density at radius 2 is 0.955 bits per heavy atom. The highest BCUT2D eigenvalue weighted by atomic mass is 32.2. The zero-order chi connectivity index (χ0) is 30.2. The topological polar surface area (TPSA) is 65.2 Å². The second-order valence-electron chi connectivity index (χ2n) is 11.4. The summed E-state index contributed by atoms with van der Waals surface area (Å²) in [6, 6.07) is 37.0. The molecule has 5 aromatic rings. The quantitative estimate of drug-likeness (QED) is 0.212. The average molecular weight is 613 g/mol. The fourth-order valence-electron chi connectivity index (χ4n) is 5.74. The highest BCUT2D eigenvalue weighted by Gasteiger charge is 2.28. The van der Waals surface area contributed by atoms with Gasteiger partial charge in [0.15, 0.2) is 0 Å². The van der Waals surface area contributed by atoms with Crippen LogP contribution in [0.2, 0.25) is 0 Å². The van der Waals surface area contributed by atoms with Gasteiger partial charge in [-0.25, -0.2) is 0 Å². The molecule has 44 heavy (non-hydrogen) atoms. The van der Waals surface area contributed by atoms with Crippen LogP contribution in [0.1, 0.15) is 56.7 Å². The summed E-state index contributed by atoms with van der Waals surface area (Å²) in [5, 5.41) is 22.8. The fraction of sp³-hybridized carbons (Fsp3) is 0.158. The summed E-state index contributed by atoms with van der Waals surface area (Å²) in [4.78, 5) is 12.4. The van der Waals surface area contributed by atoms with Gasteiger partial charge in [-0.3, -0.25) is 9.98 Å². The van der Waals surface area contributed by atoms with Crippen molar-refractivity contribution in [2.45, 2.75) is 47.0 Å². The van der Waals surface area contributed by atoms with Crippen LogP contribution in [-0.2, 0) is 0 Å². The first kappa shape index (κ1) is 28.5. The van der Waals surface area contributed by atoms with Crippen LogP contribution >= 0.6 is 23.5 Å². The predicted molar refractivity (Wildman–Crippen MR) is 184 cm³/mol. The molecule has 0 bridgehead atoms. The van der Waals surface area contributed by atoms with Crippen LogP contribution in [0, 0.1) is 13.8 Å². The Kier molecular flexibility index (Phi) is 7.79. The number of aromatic hydroxyl groups is 2. The lowest BCUT2D eigenvalue weighted by Crippen LogP contribution is -2.10. The highest BCUT2D eigenvalue weighted by molar-refractivity contribution is 8.00. The number of nitrogens with zero attached hydrogens (tertiary/aromatic N) is 2. The summed E-state index contributed by atoms with van der Waals surface area (Å²) >= 11 is 3.60. The molecule has 4 nitrogen and oxygen atoms in total. The minimum atomic E-state index is 0.0103. The van der Waals surface area contributed by atoms with Crippen molar-refractivity contribution in [3.05, 3.63) is 143 Å². The van der Waals surface area contributed by atoms with Gasteiger partial charge in [0, 0.05) is 50.3 Å². The van der Waals surface area contributed by atoms with Gasteiger partial charge >= 0.3 is 0 Å². The Labute approximate surface area is 266 Å². The van der Waals surface area contributed by atoms with Crippen molar-refractivity contribution in [1.29, 1.82) is 0 Å². The third-order valence-corrected chi connectivity index (χ3v) is 10.8. The van der Waals surface area contributed by atoms with E-state index in [4.69, 9.17) is 9.98 Å². The minimum absolute atomic E-state index is 0.0103. The fourth-order valence-corrected chi connectivity index (χ4v) is 8.20. The smallest absolute Gasteiger partial charge is 0.128 e. The van der Waals surface area contributed by atoms with Crippen molar-refractivity contribution in [3.63, 3.8) is 0 Å². The number of para-hydroxylation sites is 2. The molecule has 0 saturated carbocycles. The van der Waals surface area contributed by atoms with E-state index in [9.17, 15) is 10.2 Å². The first-order valence-electron chi connectivity index (χ1n) is 14.8. The summed E-state index contributed by atoms with van der Waals surface area (Å²) in [6.07, 6.45) is 1.24. The Morgan fingerprint density at radius 3 is 1.39 bits per heavy atom. The van der Waals surface area contributed by atoms with Crippen LogP contribution in [-0.4, -0.2) is 21.6 Å². The SMILES string of the molecule is Cc1ccc([C@@H]2CC(c3cc(C4=Nc5ccccc5S[C@@H](c5ccc(C)cc5)C4)c(O)cc3O)=Nc3ccccc3S2)cc1. The van der Waals surface area contributed by atoms with Crippen molar-refractivity contribution in [3.8, 4) is 11.5 Å². The molecule has 7 rings (SSSR count). The van der Waals surface area contributed by atoms with Crippen LogP contribution in [0.15, 0.2) is 129 Å². The van der Waals surface area contributed by atoms with E-state index in [1.165, 1.54) is 28.3 Å². The molecule has 5 aromatic carbocycles. The van der Waals surface area contributed by atoms with Gasteiger partial charge in [-0.05, 0) is 55.3 Å². The number of phenolic OH excluding ortho intramolecular Hbond substituents is 2. The lowest BCUT2D eigenvalue weighted by molar-refractivity contribution is 0.449. The summed E-state index contributed by atoms with van der Waals surface area (Å²) < 4.78 is 0. The van der Waals surface area contributed by atoms with Crippen molar-refractivity contribution >= 4 is 46.3 Å². The average Bonchev–Trinajstić information content (AvgIpc) is 3.34. The predicted octanol–water partition coefficient (Wildman–Crippen LogP) is 10.4. The molecule has 218 valence electrons. The number of thioether (sulfide) groups is 2. The molecule has 6 heteroatoms. The molecule has 0 unspecified atom stereocenters. The molecule has 0 radical (unpaired) electrons. The Hall–Kier alpha value is -4.26. The van der Waals surface area contributed by atoms with E-state index < -0.39 is 0 Å². The van der Waals surface area contributed by atoms with Gasteiger partial charge in [0.25, 0.3) is 0 Å². The maximum atomic E-state index is 11.3.